The van der Waals surface area contributed by atoms with Gasteiger partial charge in [0.2, 0.25) is 0 Å². The maximum atomic E-state index is 11.8. The van der Waals surface area contributed by atoms with E-state index in [9.17, 15) is 9.59 Å². The monoisotopic (exact) mass is 276 g/mol. The Morgan fingerprint density at radius 3 is 2.45 bits per heavy atom. The van der Waals surface area contributed by atoms with E-state index in [0.29, 0.717) is 12.1 Å². The Labute approximate surface area is 119 Å². The smallest absolute Gasteiger partial charge is 0.330 e. The van der Waals surface area contributed by atoms with Crippen LogP contribution in [0.25, 0.3) is 6.08 Å². The van der Waals surface area contributed by atoms with Crippen molar-refractivity contribution >= 4 is 18.0 Å². The topological polar surface area (TPSA) is 58.6 Å². The Morgan fingerprint density at radius 2 is 1.90 bits per heavy atom. The summed E-state index contributed by atoms with van der Waals surface area (Å²) in [5, 5.41) is 2.84. The van der Waals surface area contributed by atoms with Crippen molar-refractivity contribution in [3.8, 4) is 0 Å². The SMILES string of the molecule is COC(=O)C=Cc1ccc(C(=O)NCCN(C)C)cc1. The maximum Gasteiger partial charge on any atom is 0.330 e. The molecule has 0 aliphatic heterocycles. The normalized spacial score (nSPS) is 10.8. The summed E-state index contributed by atoms with van der Waals surface area (Å²) in [7, 11) is 5.23. The molecule has 0 unspecified atom stereocenters. The first-order valence-electron chi connectivity index (χ1n) is 6.32. The molecule has 1 rings (SSSR count). The second-order valence-electron chi connectivity index (χ2n) is 4.54. The molecule has 1 aromatic rings. The molecule has 1 N–H and O–H groups in total. The van der Waals surface area contributed by atoms with Crippen LogP contribution < -0.4 is 5.32 Å². The second kappa shape index (κ2) is 8.12. The lowest BCUT2D eigenvalue weighted by Crippen LogP contribution is -2.31. The minimum Gasteiger partial charge on any atom is -0.466 e. The van der Waals surface area contributed by atoms with Crippen LogP contribution >= 0.6 is 0 Å². The van der Waals surface area contributed by atoms with E-state index in [1.165, 1.54) is 13.2 Å². The van der Waals surface area contributed by atoms with Gasteiger partial charge in [-0.15, -0.1) is 0 Å². The van der Waals surface area contributed by atoms with E-state index in [0.717, 1.165) is 12.1 Å². The van der Waals surface area contributed by atoms with Crippen molar-refractivity contribution < 1.29 is 14.3 Å². The summed E-state index contributed by atoms with van der Waals surface area (Å²) in [6, 6.07) is 7.00. The van der Waals surface area contributed by atoms with E-state index in [1.54, 1.807) is 30.3 Å². The van der Waals surface area contributed by atoms with Crippen molar-refractivity contribution in [3.05, 3.63) is 41.5 Å². The van der Waals surface area contributed by atoms with Crippen molar-refractivity contribution in [1.82, 2.24) is 10.2 Å². The molecule has 20 heavy (non-hydrogen) atoms. The van der Waals surface area contributed by atoms with Gasteiger partial charge in [0.25, 0.3) is 5.91 Å². The minimum atomic E-state index is -0.407. The Bertz CT molecular complexity index is 478. The van der Waals surface area contributed by atoms with Gasteiger partial charge in [-0.25, -0.2) is 4.79 Å². The molecule has 1 amide bonds. The second-order valence-corrected chi connectivity index (χ2v) is 4.54. The van der Waals surface area contributed by atoms with Crippen molar-refractivity contribution in [2.24, 2.45) is 0 Å². The van der Waals surface area contributed by atoms with Gasteiger partial charge in [0.15, 0.2) is 0 Å². The van der Waals surface area contributed by atoms with Gasteiger partial charge in [0.05, 0.1) is 7.11 Å². The molecular weight excluding hydrogens is 256 g/mol. The number of rotatable bonds is 6. The molecule has 0 bridgehead atoms. The number of hydrogen-bond donors (Lipinski definition) is 1. The fourth-order valence-corrected chi connectivity index (χ4v) is 1.47. The quantitative estimate of drug-likeness (QED) is 0.626. The number of esters is 1. The Hall–Kier alpha value is -2.14. The first kappa shape index (κ1) is 15.9. The predicted octanol–water partition coefficient (Wildman–Crippen LogP) is 1.16. The molecule has 0 aliphatic carbocycles. The molecule has 5 nitrogen and oxygen atoms in total. The lowest BCUT2D eigenvalue weighted by molar-refractivity contribution is -0.134. The lowest BCUT2D eigenvalue weighted by atomic mass is 10.1. The van der Waals surface area contributed by atoms with Crippen LogP contribution in [-0.4, -0.2) is 51.1 Å². The van der Waals surface area contributed by atoms with Crippen LogP contribution in [-0.2, 0) is 9.53 Å². The molecule has 0 spiro atoms. The molecule has 0 saturated carbocycles. The van der Waals surface area contributed by atoms with Crippen LogP contribution in [0.3, 0.4) is 0 Å². The number of benzene rings is 1. The van der Waals surface area contributed by atoms with Gasteiger partial charge < -0.3 is 15.0 Å². The first-order valence-corrected chi connectivity index (χ1v) is 6.32. The lowest BCUT2D eigenvalue weighted by Gasteiger charge is -2.10. The van der Waals surface area contributed by atoms with Gasteiger partial charge in [-0.05, 0) is 37.9 Å². The molecular formula is C15H20N2O3. The molecule has 5 heteroatoms. The number of hydrogen-bond acceptors (Lipinski definition) is 4. The average Bonchev–Trinajstić information content (AvgIpc) is 2.44. The molecule has 1 aromatic carbocycles. The highest BCUT2D eigenvalue weighted by Crippen LogP contribution is 2.06. The third kappa shape index (κ3) is 5.67. The number of likely N-dealkylation sites (N-methyl/N-ethyl adjacent to an activating group) is 1. The maximum absolute atomic E-state index is 11.8. The molecule has 0 saturated heterocycles. The number of methoxy groups -OCH3 is 1. The van der Waals surface area contributed by atoms with Crippen LogP contribution in [0, 0.1) is 0 Å². The van der Waals surface area contributed by atoms with Crippen molar-refractivity contribution in [2.75, 3.05) is 34.3 Å². The zero-order chi connectivity index (χ0) is 15.0. The van der Waals surface area contributed by atoms with Crippen LogP contribution in [0.5, 0.6) is 0 Å². The number of amides is 1. The van der Waals surface area contributed by atoms with Crippen molar-refractivity contribution in [2.45, 2.75) is 0 Å². The number of nitrogens with zero attached hydrogens (tertiary/aromatic N) is 1. The van der Waals surface area contributed by atoms with Crippen molar-refractivity contribution in [3.63, 3.8) is 0 Å². The first-order chi connectivity index (χ1) is 9.52. The number of ether oxygens (including phenoxy) is 1. The molecule has 0 atom stereocenters. The minimum absolute atomic E-state index is 0.102. The van der Waals surface area contributed by atoms with Gasteiger partial charge in [-0.2, -0.15) is 0 Å². The molecule has 0 fully saturated rings. The summed E-state index contributed by atoms with van der Waals surface area (Å²) < 4.78 is 4.50. The van der Waals surface area contributed by atoms with Gasteiger partial charge >= 0.3 is 5.97 Å². The third-order valence-corrected chi connectivity index (χ3v) is 2.63. The van der Waals surface area contributed by atoms with Crippen LogP contribution in [0.15, 0.2) is 30.3 Å². The third-order valence-electron chi connectivity index (χ3n) is 2.63. The number of nitrogens with one attached hydrogen (secondary N) is 1. The molecule has 0 heterocycles. The van der Waals surface area contributed by atoms with Crippen LogP contribution in [0.1, 0.15) is 15.9 Å². The van der Waals surface area contributed by atoms with Crippen LogP contribution in [0.4, 0.5) is 0 Å². The zero-order valence-electron chi connectivity index (χ0n) is 12.1. The van der Waals surface area contributed by atoms with Gasteiger partial charge in [-0.1, -0.05) is 12.1 Å². The molecule has 108 valence electrons. The number of carbonyl (C=O) groups excluding carboxylic acids is 2. The van der Waals surface area contributed by atoms with E-state index in [2.05, 4.69) is 10.1 Å². The van der Waals surface area contributed by atoms with Crippen molar-refractivity contribution in [1.29, 1.82) is 0 Å². The summed E-state index contributed by atoms with van der Waals surface area (Å²) >= 11 is 0. The van der Waals surface area contributed by atoms with Gasteiger partial charge in [0, 0.05) is 24.7 Å². The highest BCUT2D eigenvalue weighted by Gasteiger charge is 2.04. The van der Waals surface area contributed by atoms with E-state index in [-0.39, 0.29) is 5.91 Å². The summed E-state index contributed by atoms with van der Waals surface area (Å²) in [4.78, 5) is 24.8. The Balaban J connectivity index is 2.55. The van der Waals surface area contributed by atoms with E-state index in [1.807, 2.05) is 19.0 Å². The van der Waals surface area contributed by atoms with E-state index in [4.69, 9.17) is 0 Å². The summed E-state index contributed by atoms with van der Waals surface area (Å²) in [5.74, 6) is -0.508. The molecule has 0 aliphatic rings. The summed E-state index contributed by atoms with van der Waals surface area (Å²) in [6.45, 7) is 1.40. The summed E-state index contributed by atoms with van der Waals surface area (Å²) in [6.07, 6.45) is 2.98. The fraction of sp³-hybridized carbons (Fsp3) is 0.333. The zero-order valence-corrected chi connectivity index (χ0v) is 12.1. The van der Waals surface area contributed by atoms with E-state index < -0.39 is 5.97 Å². The largest absolute Gasteiger partial charge is 0.466 e. The highest BCUT2D eigenvalue weighted by atomic mass is 16.5. The van der Waals surface area contributed by atoms with E-state index >= 15 is 0 Å². The average molecular weight is 276 g/mol. The molecule has 0 aromatic heterocycles. The Kier molecular flexibility index (Phi) is 6.46. The molecule has 0 radical (unpaired) electrons. The summed E-state index contributed by atoms with van der Waals surface area (Å²) in [5.41, 5.74) is 1.43. The van der Waals surface area contributed by atoms with Gasteiger partial charge in [-0.3, -0.25) is 4.79 Å². The van der Waals surface area contributed by atoms with Gasteiger partial charge in [0.1, 0.15) is 0 Å². The standard InChI is InChI=1S/C15H20N2O3/c1-17(2)11-10-16-15(19)13-7-4-12(5-8-13)6-9-14(18)20-3/h4-9H,10-11H2,1-3H3,(H,16,19). The van der Waals surface area contributed by atoms with Crippen LogP contribution in [0.2, 0.25) is 0 Å². The Morgan fingerprint density at radius 1 is 1.25 bits per heavy atom. The number of carbonyl (C=O) groups is 2. The predicted molar refractivity (Wildman–Crippen MR) is 78.4 cm³/mol. The highest BCUT2D eigenvalue weighted by molar-refractivity contribution is 5.94. The fourth-order valence-electron chi connectivity index (χ4n) is 1.47.